The molecular weight excluding hydrogens is 381 g/mol. The van der Waals surface area contributed by atoms with Gasteiger partial charge < -0.3 is 14.5 Å². The lowest BCUT2D eigenvalue weighted by atomic mass is 10.2. The number of rotatable bonds is 8. The van der Waals surface area contributed by atoms with Gasteiger partial charge in [-0.2, -0.15) is 5.10 Å². The molecule has 138 valence electrons. The van der Waals surface area contributed by atoms with Crippen molar-refractivity contribution < 1.29 is 18.7 Å². The van der Waals surface area contributed by atoms with Crippen molar-refractivity contribution in [3.8, 4) is 11.3 Å². The van der Waals surface area contributed by atoms with Gasteiger partial charge in [-0.25, -0.2) is 5.43 Å². The second-order valence-electron chi connectivity index (χ2n) is 5.14. The fourth-order valence-corrected chi connectivity index (χ4v) is 2.23. The summed E-state index contributed by atoms with van der Waals surface area (Å²) in [5.41, 5.74) is 3.02. The van der Waals surface area contributed by atoms with Gasteiger partial charge in [0.05, 0.1) is 22.9 Å². The third kappa shape index (κ3) is 6.18. The number of halogens is 2. The lowest BCUT2D eigenvalue weighted by Gasteiger charge is -2.03. The van der Waals surface area contributed by atoms with Crippen molar-refractivity contribution in [1.29, 1.82) is 0 Å². The molecular formula is C17H17Cl2N3O4. The van der Waals surface area contributed by atoms with Crippen LogP contribution in [0.4, 0.5) is 0 Å². The summed E-state index contributed by atoms with van der Waals surface area (Å²) in [4.78, 5) is 23.1. The van der Waals surface area contributed by atoms with Crippen LogP contribution in [0.5, 0.6) is 0 Å². The van der Waals surface area contributed by atoms with E-state index in [1.54, 1.807) is 30.3 Å². The van der Waals surface area contributed by atoms with Crippen LogP contribution < -0.4 is 10.7 Å². The number of nitrogens with zero attached hydrogens (tertiary/aromatic N) is 1. The molecule has 0 spiro atoms. The third-order valence-corrected chi connectivity index (χ3v) is 3.90. The minimum absolute atomic E-state index is 0.326. The van der Waals surface area contributed by atoms with Crippen LogP contribution in [0.2, 0.25) is 10.0 Å². The van der Waals surface area contributed by atoms with Gasteiger partial charge in [-0.1, -0.05) is 23.2 Å². The van der Waals surface area contributed by atoms with E-state index in [-0.39, 0.29) is 6.42 Å². The predicted octanol–water partition coefficient (Wildman–Crippen LogP) is 2.86. The molecule has 0 unspecified atom stereocenters. The molecule has 26 heavy (non-hydrogen) atoms. The Balaban J connectivity index is 1.85. The smallest absolute Gasteiger partial charge is 0.249 e. The lowest BCUT2D eigenvalue weighted by molar-refractivity contribution is -0.129. The lowest BCUT2D eigenvalue weighted by Crippen LogP contribution is -2.31. The molecule has 1 aromatic heterocycles. The second kappa shape index (κ2) is 9.96. The van der Waals surface area contributed by atoms with Crippen LogP contribution in [0.25, 0.3) is 11.3 Å². The molecule has 0 atom stereocenters. The number of hydrogen-bond donors (Lipinski definition) is 2. The number of hydrogen-bond acceptors (Lipinski definition) is 5. The van der Waals surface area contributed by atoms with Crippen LogP contribution in [0.3, 0.4) is 0 Å². The molecule has 7 nitrogen and oxygen atoms in total. The third-order valence-electron chi connectivity index (χ3n) is 3.16. The molecule has 0 aliphatic carbocycles. The van der Waals surface area contributed by atoms with Crippen molar-refractivity contribution in [1.82, 2.24) is 10.7 Å². The summed E-state index contributed by atoms with van der Waals surface area (Å²) < 4.78 is 10.4. The Bertz CT molecular complexity index is 805. The van der Waals surface area contributed by atoms with Crippen molar-refractivity contribution >= 4 is 41.2 Å². The summed E-state index contributed by atoms with van der Waals surface area (Å²) in [7, 11) is 1.52. The first-order valence-corrected chi connectivity index (χ1v) is 8.38. The quantitative estimate of drug-likeness (QED) is 0.310. The molecule has 0 saturated heterocycles. The Kier molecular flexibility index (Phi) is 7.65. The maximum absolute atomic E-state index is 11.6. The fourth-order valence-electron chi connectivity index (χ4n) is 1.94. The summed E-state index contributed by atoms with van der Waals surface area (Å²) in [6, 6.07) is 8.57. The van der Waals surface area contributed by atoms with Gasteiger partial charge in [-0.3, -0.25) is 9.59 Å². The summed E-state index contributed by atoms with van der Waals surface area (Å²) in [6.45, 7) is 0.723. The maximum Gasteiger partial charge on any atom is 0.249 e. The molecule has 9 heteroatoms. The first-order chi connectivity index (χ1) is 12.5. The van der Waals surface area contributed by atoms with Gasteiger partial charge in [0.15, 0.2) is 0 Å². The minimum atomic E-state index is -0.535. The van der Waals surface area contributed by atoms with E-state index < -0.39 is 11.8 Å². The van der Waals surface area contributed by atoms with Crippen LogP contribution in [0, 0.1) is 0 Å². The molecule has 0 aliphatic heterocycles. The van der Waals surface area contributed by atoms with E-state index in [1.807, 2.05) is 0 Å². The Morgan fingerprint density at radius 2 is 2.00 bits per heavy atom. The number of hydrazone groups is 1. The van der Waals surface area contributed by atoms with Gasteiger partial charge >= 0.3 is 0 Å². The standard InChI is InChI=1S/C17H17Cl2N3O4/c1-25-7-6-20-16(23)9-17(24)22-21-10-12-3-5-15(26-12)11-2-4-13(18)14(19)8-11/h2-5,8,10H,6-7,9H2,1H3,(H,20,23)(H,22,24)/b21-10-. The largest absolute Gasteiger partial charge is 0.455 e. The Hall–Kier alpha value is -2.35. The number of carbonyl (C=O) groups excluding carboxylic acids is 2. The second-order valence-corrected chi connectivity index (χ2v) is 5.96. The van der Waals surface area contributed by atoms with Gasteiger partial charge in [-0.05, 0) is 30.3 Å². The van der Waals surface area contributed by atoms with Crippen molar-refractivity contribution in [3.05, 3.63) is 46.1 Å². The van der Waals surface area contributed by atoms with Crippen LogP contribution in [-0.2, 0) is 14.3 Å². The summed E-state index contributed by atoms with van der Waals surface area (Å²) >= 11 is 11.9. The van der Waals surface area contributed by atoms with E-state index in [1.165, 1.54) is 13.3 Å². The molecule has 2 N–H and O–H groups in total. The Labute approximate surface area is 160 Å². The van der Waals surface area contributed by atoms with E-state index >= 15 is 0 Å². The topological polar surface area (TPSA) is 92.9 Å². The number of benzene rings is 1. The van der Waals surface area contributed by atoms with E-state index in [0.29, 0.717) is 34.7 Å². The van der Waals surface area contributed by atoms with Crippen molar-refractivity contribution in [2.45, 2.75) is 6.42 Å². The molecule has 0 fully saturated rings. The van der Waals surface area contributed by atoms with Crippen LogP contribution >= 0.6 is 23.2 Å². The van der Waals surface area contributed by atoms with Crippen molar-refractivity contribution in [3.63, 3.8) is 0 Å². The monoisotopic (exact) mass is 397 g/mol. The first kappa shape index (κ1) is 20.0. The maximum atomic E-state index is 11.6. The molecule has 0 radical (unpaired) electrons. The number of carbonyl (C=O) groups is 2. The van der Waals surface area contributed by atoms with Crippen molar-refractivity contribution in [2.75, 3.05) is 20.3 Å². The van der Waals surface area contributed by atoms with Gasteiger partial charge in [0.25, 0.3) is 0 Å². The van der Waals surface area contributed by atoms with Gasteiger partial charge in [0, 0.05) is 19.2 Å². The fraction of sp³-hybridized carbons (Fsp3) is 0.235. The molecule has 2 amide bonds. The minimum Gasteiger partial charge on any atom is -0.455 e. The molecule has 2 aromatic rings. The van der Waals surface area contributed by atoms with Crippen molar-refractivity contribution in [2.24, 2.45) is 5.10 Å². The van der Waals surface area contributed by atoms with Gasteiger partial charge in [0.2, 0.25) is 11.8 Å². The number of nitrogens with one attached hydrogen (secondary N) is 2. The highest BCUT2D eigenvalue weighted by Crippen LogP contribution is 2.29. The predicted molar refractivity (Wildman–Crippen MR) is 99.4 cm³/mol. The summed E-state index contributed by atoms with van der Waals surface area (Å²) in [5.74, 6) is 0.0619. The number of ether oxygens (including phenoxy) is 1. The van der Waals surface area contributed by atoms with Gasteiger partial charge in [0.1, 0.15) is 17.9 Å². The zero-order chi connectivity index (χ0) is 18.9. The SMILES string of the molecule is COCCNC(=O)CC(=O)N/N=C\c1ccc(-c2ccc(Cl)c(Cl)c2)o1. The highest BCUT2D eigenvalue weighted by atomic mass is 35.5. The van der Waals surface area contributed by atoms with Crippen LogP contribution in [0.15, 0.2) is 39.9 Å². The molecule has 0 saturated carbocycles. The van der Waals surface area contributed by atoms with E-state index in [2.05, 4.69) is 15.8 Å². The molecule has 1 heterocycles. The number of methoxy groups -OCH3 is 1. The van der Waals surface area contributed by atoms with E-state index in [0.717, 1.165) is 5.56 Å². The first-order valence-electron chi connectivity index (χ1n) is 7.62. The van der Waals surface area contributed by atoms with Crippen LogP contribution in [-0.4, -0.2) is 38.3 Å². The number of furan rings is 1. The summed E-state index contributed by atoms with van der Waals surface area (Å²) in [5, 5.41) is 7.18. The van der Waals surface area contributed by atoms with E-state index in [4.69, 9.17) is 32.4 Å². The average molecular weight is 398 g/mol. The molecule has 2 rings (SSSR count). The Morgan fingerprint density at radius 3 is 2.73 bits per heavy atom. The summed E-state index contributed by atoms with van der Waals surface area (Å²) in [6.07, 6.45) is 1.01. The highest BCUT2D eigenvalue weighted by molar-refractivity contribution is 6.42. The Morgan fingerprint density at radius 1 is 1.19 bits per heavy atom. The van der Waals surface area contributed by atoms with Crippen LogP contribution in [0.1, 0.15) is 12.2 Å². The molecule has 1 aromatic carbocycles. The highest BCUT2D eigenvalue weighted by Gasteiger charge is 2.08. The van der Waals surface area contributed by atoms with Gasteiger partial charge in [-0.15, -0.1) is 0 Å². The molecule has 0 bridgehead atoms. The average Bonchev–Trinajstić information content (AvgIpc) is 3.06. The normalized spacial score (nSPS) is 10.9. The molecule has 0 aliphatic rings. The zero-order valence-electron chi connectivity index (χ0n) is 13.9. The number of amides is 2. The zero-order valence-corrected chi connectivity index (χ0v) is 15.4. The van der Waals surface area contributed by atoms with E-state index in [9.17, 15) is 9.59 Å².